The van der Waals surface area contributed by atoms with Gasteiger partial charge in [0.15, 0.2) is 0 Å². The van der Waals surface area contributed by atoms with Gasteiger partial charge in [0.05, 0.1) is 0 Å². The summed E-state index contributed by atoms with van der Waals surface area (Å²) in [5.74, 6) is 0. The Hall–Kier alpha value is -0.570. The first-order valence-corrected chi connectivity index (χ1v) is 6.11. The van der Waals surface area contributed by atoms with Gasteiger partial charge in [-0.25, -0.2) is 0 Å². The Bertz CT molecular complexity index is 313. The van der Waals surface area contributed by atoms with Crippen molar-refractivity contribution in [3.05, 3.63) is 34.9 Å². The van der Waals surface area contributed by atoms with Crippen LogP contribution >= 0.6 is 11.6 Å². The van der Waals surface area contributed by atoms with E-state index in [1.165, 1.54) is 5.56 Å². The maximum Gasteiger partial charge on any atom is 0.0409 e. The van der Waals surface area contributed by atoms with Crippen molar-refractivity contribution >= 4 is 11.6 Å². The molecule has 3 heteroatoms. The van der Waals surface area contributed by atoms with Gasteiger partial charge in [-0.2, -0.15) is 0 Å². The molecule has 0 saturated heterocycles. The maximum absolute atomic E-state index is 5.97. The number of hydrogen-bond donors (Lipinski definition) is 0. The number of halogens is 1. The van der Waals surface area contributed by atoms with E-state index in [-0.39, 0.29) is 0 Å². The monoisotopic (exact) mass is 240 g/mol. The lowest BCUT2D eigenvalue weighted by molar-refractivity contribution is 0.244. The second-order valence-corrected chi connectivity index (χ2v) is 4.74. The third-order valence-electron chi connectivity index (χ3n) is 2.61. The van der Waals surface area contributed by atoms with Crippen LogP contribution in [0.2, 0.25) is 5.02 Å². The third kappa shape index (κ3) is 4.97. The molecule has 0 heterocycles. The minimum Gasteiger partial charge on any atom is -0.308 e. The van der Waals surface area contributed by atoms with Crippen molar-refractivity contribution in [2.75, 3.05) is 33.7 Å². The van der Waals surface area contributed by atoms with E-state index < -0.39 is 0 Å². The molecule has 1 aromatic rings. The highest BCUT2D eigenvalue weighted by Crippen LogP contribution is 2.12. The Balaban J connectivity index is 2.49. The molecule has 0 aromatic heterocycles. The van der Waals surface area contributed by atoms with Crippen molar-refractivity contribution in [1.82, 2.24) is 9.80 Å². The quantitative estimate of drug-likeness (QED) is 0.755. The van der Waals surface area contributed by atoms with Gasteiger partial charge < -0.3 is 4.90 Å². The molecule has 1 aromatic carbocycles. The molecule has 0 radical (unpaired) electrons. The largest absolute Gasteiger partial charge is 0.308 e. The summed E-state index contributed by atoms with van der Waals surface area (Å²) in [5.41, 5.74) is 1.29. The highest BCUT2D eigenvalue weighted by Gasteiger charge is 2.04. The number of rotatable bonds is 6. The topological polar surface area (TPSA) is 6.48 Å². The molecular weight excluding hydrogens is 220 g/mol. The maximum atomic E-state index is 5.97. The van der Waals surface area contributed by atoms with Gasteiger partial charge >= 0.3 is 0 Å². The van der Waals surface area contributed by atoms with Gasteiger partial charge in [-0.05, 0) is 38.3 Å². The molecule has 0 bridgehead atoms. The van der Waals surface area contributed by atoms with Crippen molar-refractivity contribution in [1.29, 1.82) is 0 Å². The second-order valence-electron chi connectivity index (χ2n) is 4.30. The van der Waals surface area contributed by atoms with Crippen LogP contribution in [0.3, 0.4) is 0 Å². The lowest BCUT2D eigenvalue weighted by Crippen LogP contribution is -2.31. The van der Waals surface area contributed by atoms with E-state index in [2.05, 4.69) is 36.9 Å². The number of hydrogen-bond acceptors (Lipinski definition) is 2. The zero-order valence-electron chi connectivity index (χ0n) is 10.4. The first-order chi connectivity index (χ1) is 7.61. The van der Waals surface area contributed by atoms with E-state index in [0.29, 0.717) is 0 Å². The lowest BCUT2D eigenvalue weighted by Gasteiger charge is -2.22. The Kier molecular flexibility index (Phi) is 5.81. The fraction of sp³-hybridized carbons (Fsp3) is 0.538. The Morgan fingerprint density at radius 2 is 1.94 bits per heavy atom. The van der Waals surface area contributed by atoms with E-state index >= 15 is 0 Å². The molecule has 0 spiro atoms. The first kappa shape index (κ1) is 13.5. The van der Waals surface area contributed by atoms with E-state index in [1.54, 1.807) is 0 Å². The van der Waals surface area contributed by atoms with Crippen LogP contribution in [-0.4, -0.2) is 43.5 Å². The van der Waals surface area contributed by atoms with Crippen LogP contribution in [0.15, 0.2) is 24.3 Å². The van der Waals surface area contributed by atoms with Crippen molar-refractivity contribution < 1.29 is 0 Å². The summed E-state index contributed by atoms with van der Waals surface area (Å²) >= 11 is 5.97. The normalized spacial score (nSPS) is 11.4. The van der Waals surface area contributed by atoms with Gasteiger partial charge in [0, 0.05) is 24.7 Å². The predicted molar refractivity (Wildman–Crippen MR) is 71.0 cm³/mol. The van der Waals surface area contributed by atoms with Gasteiger partial charge in [0.2, 0.25) is 0 Å². The SMILES string of the molecule is CCN(CCN(C)C)Cc1cccc(Cl)c1. The van der Waals surface area contributed by atoms with E-state index in [0.717, 1.165) is 31.2 Å². The molecule has 0 aliphatic carbocycles. The molecule has 0 aliphatic heterocycles. The minimum absolute atomic E-state index is 0.821. The summed E-state index contributed by atoms with van der Waals surface area (Å²) in [7, 11) is 4.21. The van der Waals surface area contributed by atoms with Gasteiger partial charge in [-0.15, -0.1) is 0 Å². The number of benzene rings is 1. The van der Waals surface area contributed by atoms with Crippen LogP contribution in [0.25, 0.3) is 0 Å². The molecule has 0 atom stereocenters. The summed E-state index contributed by atoms with van der Waals surface area (Å²) in [6, 6.07) is 8.10. The molecule has 0 aliphatic rings. The minimum atomic E-state index is 0.821. The van der Waals surface area contributed by atoms with Crippen LogP contribution in [-0.2, 0) is 6.54 Å². The van der Waals surface area contributed by atoms with Gasteiger partial charge in [0.25, 0.3) is 0 Å². The van der Waals surface area contributed by atoms with Crippen molar-refractivity contribution in [3.8, 4) is 0 Å². The average Bonchev–Trinajstić information content (AvgIpc) is 2.24. The smallest absolute Gasteiger partial charge is 0.0409 e. The molecular formula is C13H21ClN2. The average molecular weight is 241 g/mol. The molecule has 0 saturated carbocycles. The van der Waals surface area contributed by atoms with Crippen molar-refractivity contribution in [3.63, 3.8) is 0 Å². The van der Waals surface area contributed by atoms with E-state index in [4.69, 9.17) is 11.6 Å². The van der Waals surface area contributed by atoms with Gasteiger partial charge in [-0.1, -0.05) is 30.7 Å². The molecule has 0 N–H and O–H groups in total. The number of nitrogens with zero attached hydrogens (tertiary/aromatic N) is 2. The molecule has 2 nitrogen and oxygen atoms in total. The Morgan fingerprint density at radius 1 is 1.19 bits per heavy atom. The second kappa shape index (κ2) is 6.89. The van der Waals surface area contributed by atoms with E-state index in [9.17, 15) is 0 Å². The molecule has 16 heavy (non-hydrogen) atoms. The highest BCUT2D eigenvalue weighted by molar-refractivity contribution is 6.30. The van der Waals surface area contributed by atoms with Crippen LogP contribution in [0.1, 0.15) is 12.5 Å². The molecule has 0 unspecified atom stereocenters. The first-order valence-electron chi connectivity index (χ1n) is 5.73. The standard InChI is InChI=1S/C13H21ClN2/c1-4-16(9-8-15(2)3)11-12-6-5-7-13(14)10-12/h5-7,10H,4,8-9,11H2,1-3H3. The third-order valence-corrected chi connectivity index (χ3v) is 2.84. The van der Waals surface area contributed by atoms with Crippen LogP contribution in [0, 0.1) is 0 Å². The van der Waals surface area contributed by atoms with Crippen LogP contribution in [0.4, 0.5) is 0 Å². The molecule has 0 fully saturated rings. The lowest BCUT2D eigenvalue weighted by atomic mass is 10.2. The van der Waals surface area contributed by atoms with Crippen LogP contribution < -0.4 is 0 Å². The summed E-state index contributed by atoms with van der Waals surface area (Å²) in [6.07, 6.45) is 0. The Labute approximate surface area is 104 Å². The fourth-order valence-electron chi connectivity index (χ4n) is 1.58. The van der Waals surface area contributed by atoms with E-state index in [1.807, 2.05) is 18.2 Å². The zero-order chi connectivity index (χ0) is 12.0. The Morgan fingerprint density at radius 3 is 2.50 bits per heavy atom. The summed E-state index contributed by atoms with van der Waals surface area (Å²) < 4.78 is 0. The van der Waals surface area contributed by atoms with Crippen molar-refractivity contribution in [2.24, 2.45) is 0 Å². The number of likely N-dealkylation sites (N-methyl/N-ethyl adjacent to an activating group) is 2. The molecule has 1 rings (SSSR count). The van der Waals surface area contributed by atoms with Crippen molar-refractivity contribution in [2.45, 2.75) is 13.5 Å². The molecule has 0 amide bonds. The zero-order valence-corrected chi connectivity index (χ0v) is 11.2. The van der Waals surface area contributed by atoms with Gasteiger partial charge in [0.1, 0.15) is 0 Å². The summed E-state index contributed by atoms with van der Waals surface area (Å²) in [4.78, 5) is 4.63. The predicted octanol–water partition coefficient (Wildman–Crippen LogP) is 2.72. The van der Waals surface area contributed by atoms with Gasteiger partial charge in [-0.3, -0.25) is 4.90 Å². The molecule has 90 valence electrons. The fourth-order valence-corrected chi connectivity index (χ4v) is 1.80. The summed E-state index contributed by atoms with van der Waals surface area (Å²) in [6.45, 7) is 6.43. The summed E-state index contributed by atoms with van der Waals surface area (Å²) in [5, 5.41) is 0.821. The van der Waals surface area contributed by atoms with Crippen LogP contribution in [0.5, 0.6) is 0 Å². The highest BCUT2D eigenvalue weighted by atomic mass is 35.5.